The van der Waals surface area contributed by atoms with Crippen LogP contribution in [-0.4, -0.2) is 4.57 Å². The van der Waals surface area contributed by atoms with Crippen LogP contribution in [-0.2, 0) is 7.05 Å². The largest absolute Gasteiger partial charge is 0.336 e. The third-order valence-electron chi connectivity index (χ3n) is 2.54. The minimum atomic E-state index is 1.04. The summed E-state index contributed by atoms with van der Waals surface area (Å²) in [5.74, 6) is 0. The average molecular weight is 408 g/mol. The predicted molar refractivity (Wildman–Crippen MR) is 78.7 cm³/mol. The van der Waals surface area contributed by atoms with Crippen LogP contribution in [0.4, 0.5) is 0 Å². The summed E-state index contributed by atoms with van der Waals surface area (Å²) in [6.45, 7) is 2.09. The molecule has 0 bridgehead atoms. The van der Waals surface area contributed by atoms with Gasteiger partial charge in [-0.25, -0.2) is 0 Å². The lowest BCUT2D eigenvalue weighted by Crippen LogP contribution is -1.91. The summed E-state index contributed by atoms with van der Waals surface area (Å²) in [7, 11) is 2.04. The molecule has 0 amide bonds. The molecule has 0 unspecified atom stereocenters. The first-order valence-corrected chi connectivity index (χ1v) is 7.16. The number of halogens is 3. The van der Waals surface area contributed by atoms with E-state index in [9.17, 15) is 0 Å². The molecule has 1 nitrogen and oxygen atoms in total. The maximum absolute atomic E-state index is 3.61. The van der Waals surface area contributed by atoms with Crippen molar-refractivity contribution in [2.45, 2.75) is 6.92 Å². The Morgan fingerprint density at radius 2 is 1.50 bits per heavy atom. The summed E-state index contributed by atoms with van der Waals surface area (Å²) in [4.78, 5) is 0. The fraction of sp³-hybridized carbons (Fsp3) is 0.167. The van der Waals surface area contributed by atoms with Gasteiger partial charge in [-0.1, -0.05) is 29.8 Å². The lowest BCUT2D eigenvalue weighted by molar-refractivity contribution is 0.907. The molecule has 0 saturated carbocycles. The Labute approximate surface area is 120 Å². The zero-order valence-electron chi connectivity index (χ0n) is 8.89. The lowest BCUT2D eigenvalue weighted by Gasteiger charge is -2.05. The Morgan fingerprint density at radius 3 is 1.94 bits per heavy atom. The summed E-state index contributed by atoms with van der Waals surface area (Å²) in [6.07, 6.45) is 0. The van der Waals surface area contributed by atoms with Crippen molar-refractivity contribution in [3.63, 3.8) is 0 Å². The standard InChI is InChI=1S/C12H10Br3N/c1-7-3-5-8(6-4-7)11-9(13)10(14)12(15)16(11)2/h3-6H,1-2H3. The number of hydrogen-bond acceptors (Lipinski definition) is 0. The van der Waals surface area contributed by atoms with E-state index in [1.54, 1.807) is 0 Å². The molecule has 1 heterocycles. The summed E-state index contributed by atoms with van der Waals surface area (Å²) in [5, 5.41) is 0. The van der Waals surface area contributed by atoms with Gasteiger partial charge in [-0.05, 0) is 60.3 Å². The number of benzene rings is 1. The molecule has 1 aromatic heterocycles. The molecule has 0 atom stereocenters. The number of nitrogens with zero attached hydrogens (tertiary/aromatic N) is 1. The van der Waals surface area contributed by atoms with Crippen LogP contribution >= 0.6 is 47.8 Å². The van der Waals surface area contributed by atoms with Gasteiger partial charge in [-0.2, -0.15) is 0 Å². The van der Waals surface area contributed by atoms with E-state index >= 15 is 0 Å². The van der Waals surface area contributed by atoms with E-state index in [0.29, 0.717) is 0 Å². The van der Waals surface area contributed by atoms with Gasteiger partial charge in [-0.3, -0.25) is 0 Å². The Morgan fingerprint density at radius 1 is 0.938 bits per heavy atom. The monoisotopic (exact) mass is 405 g/mol. The van der Waals surface area contributed by atoms with Crippen molar-refractivity contribution < 1.29 is 0 Å². The highest BCUT2D eigenvalue weighted by molar-refractivity contribution is 9.14. The van der Waals surface area contributed by atoms with Gasteiger partial charge in [0.05, 0.1) is 14.6 Å². The van der Waals surface area contributed by atoms with E-state index in [0.717, 1.165) is 13.5 Å². The van der Waals surface area contributed by atoms with Crippen molar-refractivity contribution in [3.8, 4) is 11.3 Å². The van der Waals surface area contributed by atoms with Gasteiger partial charge < -0.3 is 4.57 Å². The Balaban J connectivity index is 2.64. The molecule has 4 heteroatoms. The average Bonchev–Trinajstić information content (AvgIpc) is 2.46. The quantitative estimate of drug-likeness (QED) is 0.605. The first kappa shape index (κ1) is 12.4. The van der Waals surface area contributed by atoms with Gasteiger partial charge in [0.25, 0.3) is 0 Å². The summed E-state index contributed by atoms with van der Waals surface area (Å²) in [5.41, 5.74) is 3.64. The lowest BCUT2D eigenvalue weighted by atomic mass is 10.1. The molecule has 0 radical (unpaired) electrons. The molecule has 0 spiro atoms. The molecule has 84 valence electrons. The molecule has 0 aliphatic heterocycles. The Bertz CT molecular complexity index is 501. The van der Waals surface area contributed by atoms with E-state index in [4.69, 9.17) is 0 Å². The highest BCUT2D eigenvalue weighted by atomic mass is 79.9. The minimum absolute atomic E-state index is 1.04. The highest BCUT2D eigenvalue weighted by Crippen LogP contribution is 2.41. The maximum atomic E-state index is 3.61. The van der Waals surface area contributed by atoms with Gasteiger partial charge in [-0.15, -0.1) is 0 Å². The van der Waals surface area contributed by atoms with E-state index in [2.05, 4.69) is 83.5 Å². The molecule has 0 aliphatic carbocycles. The number of rotatable bonds is 1. The van der Waals surface area contributed by atoms with Gasteiger partial charge >= 0.3 is 0 Å². The van der Waals surface area contributed by atoms with Crippen molar-refractivity contribution in [2.75, 3.05) is 0 Å². The van der Waals surface area contributed by atoms with Crippen LogP contribution in [0.3, 0.4) is 0 Å². The van der Waals surface area contributed by atoms with Gasteiger partial charge in [0.1, 0.15) is 4.60 Å². The zero-order chi connectivity index (χ0) is 11.9. The van der Waals surface area contributed by atoms with Crippen LogP contribution in [0.25, 0.3) is 11.3 Å². The number of aromatic nitrogens is 1. The van der Waals surface area contributed by atoms with E-state index in [-0.39, 0.29) is 0 Å². The molecular formula is C12H10Br3N. The van der Waals surface area contributed by atoms with Crippen molar-refractivity contribution in [3.05, 3.63) is 43.4 Å². The van der Waals surface area contributed by atoms with Crippen molar-refractivity contribution in [1.29, 1.82) is 0 Å². The fourth-order valence-electron chi connectivity index (χ4n) is 1.62. The molecule has 0 N–H and O–H groups in total. The SMILES string of the molecule is Cc1ccc(-c2c(Br)c(Br)c(Br)n2C)cc1. The summed E-state index contributed by atoms with van der Waals surface area (Å²) < 4.78 is 5.27. The zero-order valence-corrected chi connectivity index (χ0v) is 13.6. The number of aryl methyl sites for hydroxylation is 1. The second kappa shape index (κ2) is 4.67. The van der Waals surface area contributed by atoms with Gasteiger partial charge in [0.2, 0.25) is 0 Å². The first-order valence-electron chi connectivity index (χ1n) is 4.78. The van der Waals surface area contributed by atoms with Crippen molar-refractivity contribution in [1.82, 2.24) is 4.57 Å². The number of hydrogen-bond donors (Lipinski definition) is 0. The third-order valence-corrected chi connectivity index (χ3v) is 6.07. The fourth-order valence-corrected chi connectivity index (χ4v) is 3.40. The topological polar surface area (TPSA) is 4.93 Å². The minimum Gasteiger partial charge on any atom is -0.336 e. The van der Waals surface area contributed by atoms with Crippen molar-refractivity contribution >= 4 is 47.8 Å². The van der Waals surface area contributed by atoms with E-state index < -0.39 is 0 Å². The first-order chi connectivity index (χ1) is 7.52. The molecule has 2 rings (SSSR count). The third kappa shape index (κ3) is 2.03. The van der Waals surface area contributed by atoms with Crippen molar-refractivity contribution in [2.24, 2.45) is 7.05 Å². The molecule has 0 aliphatic rings. The summed E-state index contributed by atoms with van der Waals surface area (Å²) in [6, 6.07) is 8.51. The Kier molecular flexibility index (Phi) is 3.62. The molecular weight excluding hydrogens is 398 g/mol. The molecule has 0 fully saturated rings. The maximum Gasteiger partial charge on any atom is 0.100 e. The normalized spacial score (nSPS) is 10.8. The molecule has 1 aromatic carbocycles. The summed E-state index contributed by atoms with van der Waals surface area (Å²) >= 11 is 10.7. The van der Waals surface area contributed by atoms with Crippen LogP contribution in [0.1, 0.15) is 5.56 Å². The van der Waals surface area contributed by atoms with Gasteiger partial charge in [0, 0.05) is 7.05 Å². The molecule has 2 aromatic rings. The molecule has 0 saturated heterocycles. The molecule has 16 heavy (non-hydrogen) atoms. The second-order valence-corrected chi connectivity index (χ2v) is 6.03. The smallest absolute Gasteiger partial charge is 0.100 e. The Hall–Kier alpha value is -0.0600. The van der Waals surface area contributed by atoms with E-state index in [1.807, 2.05) is 7.05 Å². The van der Waals surface area contributed by atoms with Crippen LogP contribution < -0.4 is 0 Å². The van der Waals surface area contributed by atoms with Gasteiger partial charge in [0.15, 0.2) is 0 Å². The second-order valence-electron chi connectivity index (χ2n) is 3.69. The van der Waals surface area contributed by atoms with Crippen LogP contribution in [0.15, 0.2) is 37.8 Å². The predicted octanol–water partition coefficient (Wildman–Crippen LogP) is 5.29. The van der Waals surface area contributed by atoms with Crippen LogP contribution in [0, 0.1) is 6.92 Å². The van der Waals surface area contributed by atoms with Crippen LogP contribution in [0.2, 0.25) is 0 Å². The highest BCUT2D eigenvalue weighted by Gasteiger charge is 2.16. The van der Waals surface area contributed by atoms with Crippen LogP contribution in [0.5, 0.6) is 0 Å². The van der Waals surface area contributed by atoms with E-state index in [1.165, 1.54) is 16.8 Å².